The molecule has 0 radical (unpaired) electrons. The first-order chi connectivity index (χ1) is 7.96. The van der Waals surface area contributed by atoms with Crippen molar-refractivity contribution in [2.45, 2.75) is 6.36 Å². The third kappa shape index (κ3) is 4.31. The van der Waals surface area contributed by atoms with E-state index in [0.717, 1.165) is 12.1 Å². The predicted octanol–water partition coefficient (Wildman–Crippen LogP) is 2.38. The highest BCUT2D eigenvalue weighted by Gasteiger charge is 2.32. The number of halogens is 3. The number of carbonyl (C=O) groups excluding carboxylic acids is 1. The van der Waals surface area contributed by atoms with E-state index in [1.54, 1.807) is 0 Å². The van der Waals surface area contributed by atoms with E-state index in [1.165, 1.54) is 13.2 Å². The lowest BCUT2D eigenvalue weighted by atomic mass is 10.2. The Labute approximate surface area is 94.9 Å². The molecule has 0 saturated heterocycles. The number of methoxy groups -OCH3 is 1. The van der Waals surface area contributed by atoms with Crippen molar-refractivity contribution in [2.75, 3.05) is 13.9 Å². The molecule has 0 aliphatic carbocycles. The second kappa shape index (κ2) is 5.53. The second-order valence-electron chi connectivity index (χ2n) is 2.92. The van der Waals surface area contributed by atoms with Crippen molar-refractivity contribution in [2.24, 2.45) is 0 Å². The third-order valence-corrected chi connectivity index (χ3v) is 1.66. The lowest BCUT2D eigenvalue weighted by Gasteiger charge is -2.13. The van der Waals surface area contributed by atoms with Gasteiger partial charge in [-0.15, -0.1) is 13.2 Å². The van der Waals surface area contributed by atoms with Crippen molar-refractivity contribution in [3.8, 4) is 11.5 Å². The number of hydrogen-bond donors (Lipinski definition) is 0. The van der Waals surface area contributed by atoms with Crippen LogP contribution in [0.25, 0.3) is 0 Å². The van der Waals surface area contributed by atoms with Crippen molar-refractivity contribution in [1.29, 1.82) is 0 Å². The Morgan fingerprint density at radius 3 is 2.53 bits per heavy atom. The van der Waals surface area contributed by atoms with Gasteiger partial charge in [0.05, 0.1) is 0 Å². The standard InChI is InChI=1S/C10H9F3O4/c1-15-6-16-9-4-7(5-14)2-3-8(9)17-10(11,12)13/h2-5H,6H2,1H3. The zero-order valence-corrected chi connectivity index (χ0v) is 8.78. The van der Waals surface area contributed by atoms with Crippen molar-refractivity contribution < 1.29 is 32.2 Å². The van der Waals surface area contributed by atoms with Gasteiger partial charge in [0.15, 0.2) is 18.3 Å². The highest BCUT2D eigenvalue weighted by molar-refractivity contribution is 5.76. The fourth-order valence-electron chi connectivity index (χ4n) is 1.04. The highest BCUT2D eigenvalue weighted by atomic mass is 19.4. The normalized spacial score (nSPS) is 11.1. The molecule has 0 aromatic heterocycles. The molecule has 0 N–H and O–H groups in total. The SMILES string of the molecule is COCOc1cc(C=O)ccc1OC(F)(F)F. The van der Waals surface area contributed by atoms with Crippen LogP contribution in [0.2, 0.25) is 0 Å². The van der Waals surface area contributed by atoms with Gasteiger partial charge in [-0.1, -0.05) is 0 Å². The molecular formula is C10H9F3O4. The van der Waals surface area contributed by atoms with Gasteiger partial charge in [-0.3, -0.25) is 4.79 Å². The van der Waals surface area contributed by atoms with E-state index in [9.17, 15) is 18.0 Å². The minimum atomic E-state index is -4.83. The van der Waals surface area contributed by atoms with Crippen LogP contribution in [0.5, 0.6) is 11.5 Å². The van der Waals surface area contributed by atoms with Crippen LogP contribution in [0.15, 0.2) is 18.2 Å². The molecular weight excluding hydrogens is 241 g/mol. The van der Waals surface area contributed by atoms with Crippen molar-refractivity contribution >= 4 is 6.29 Å². The minimum Gasteiger partial charge on any atom is -0.464 e. The van der Waals surface area contributed by atoms with Gasteiger partial charge >= 0.3 is 6.36 Å². The number of hydrogen-bond acceptors (Lipinski definition) is 4. The van der Waals surface area contributed by atoms with Gasteiger partial charge in [0.2, 0.25) is 0 Å². The first kappa shape index (κ1) is 13.3. The zero-order chi connectivity index (χ0) is 12.9. The largest absolute Gasteiger partial charge is 0.573 e. The predicted molar refractivity (Wildman–Crippen MR) is 51.0 cm³/mol. The summed E-state index contributed by atoms with van der Waals surface area (Å²) < 4.78 is 49.3. The lowest BCUT2D eigenvalue weighted by molar-refractivity contribution is -0.275. The average Bonchev–Trinajstić information content (AvgIpc) is 2.26. The molecule has 1 aromatic rings. The van der Waals surface area contributed by atoms with Crippen LogP contribution in [-0.4, -0.2) is 26.6 Å². The smallest absolute Gasteiger partial charge is 0.464 e. The highest BCUT2D eigenvalue weighted by Crippen LogP contribution is 2.32. The van der Waals surface area contributed by atoms with E-state index in [-0.39, 0.29) is 18.1 Å². The summed E-state index contributed by atoms with van der Waals surface area (Å²) in [6, 6.07) is 3.32. The Morgan fingerprint density at radius 2 is 2.00 bits per heavy atom. The lowest BCUT2D eigenvalue weighted by Crippen LogP contribution is -2.18. The van der Waals surface area contributed by atoms with Crippen molar-refractivity contribution in [3.05, 3.63) is 23.8 Å². The Balaban J connectivity index is 2.97. The molecule has 0 spiro atoms. The average molecular weight is 250 g/mol. The fourth-order valence-corrected chi connectivity index (χ4v) is 1.04. The summed E-state index contributed by atoms with van der Waals surface area (Å²) in [4.78, 5) is 10.5. The topological polar surface area (TPSA) is 44.8 Å². The van der Waals surface area contributed by atoms with Gasteiger partial charge in [-0.05, 0) is 18.2 Å². The molecule has 0 fully saturated rings. The number of alkyl halides is 3. The van der Waals surface area contributed by atoms with Crippen LogP contribution in [0, 0.1) is 0 Å². The molecule has 0 amide bonds. The summed E-state index contributed by atoms with van der Waals surface area (Å²) in [5, 5.41) is 0. The van der Waals surface area contributed by atoms with Crippen LogP contribution < -0.4 is 9.47 Å². The quantitative estimate of drug-likeness (QED) is 0.594. The number of benzene rings is 1. The molecule has 0 heterocycles. The maximum absolute atomic E-state index is 12.0. The Hall–Kier alpha value is -1.76. The molecule has 0 unspecified atom stereocenters. The van der Waals surface area contributed by atoms with Gasteiger partial charge in [0.25, 0.3) is 0 Å². The van der Waals surface area contributed by atoms with E-state index in [1.807, 2.05) is 0 Å². The van der Waals surface area contributed by atoms with Crippen molar-refractivity contribution in [1.82, 2.24) is 0 Å². The molecule has 0 aliphatic rings. The summed E-state index contributed by atoms with van der Waals surface area (Å²) >= 11 is 0. The summed E-state index contributed by atoms with van der Waals surface area (Å²) in [5.74, 6) is -0.742. The molecule has 0 saturated carbocycles. The van der Waals surface area contributed by atoms with Gasteiger partial charge in [0.1, 0.15) is 6.29 Å². The molecule has 7 heteroatoms. The summed E-state index contributed by atoms with van der Waals surface area (Å²) in [6.45, 7) is -0.253. The second-order valence-corrected chi connectivity index (χ2v) is 2.92. The minimum absolute atomic E-state index is 0.172. The maximum atomic E-state index is 12.0. The summed E-state index contributed by atoms with van der Waals surface area (Å²) in [7, 11) is 1.31. The monoisotopic (exact) mass is 250 g/mol. The van der Waals surface area contributed by atoms with Crippen LogP contribution in [0.3, 0.4) is 0 Å². The third-order valence-electron chi connectivity index (χ3n) is 1.66. The number of carbonyl (C=O) groups is 1. The van der Waals surface area contributed by atoms with E-state index in [0.29, 0.717) is 6.29 Å². The Kier molecular flexibility index (Phi) is 4.33. The van der Waals surface area contributed by atoms with Crippen LogP contribution in [0.4, 0.5) is 13.2 Å². The molecule has 94 valence electrons. The van der Waals surface area contributed by atoms with E-state index in [2.05, 4.69) is 9.47 Å². The van der Waals surface area contributed by atoms with E-state index < -0.39 is 12.1 Å². The molecule has 0 bridgehead atoms. The van der Waals surface area contributed by atoms with Gasteiger partial charge in [-0.25, -0.2) is 0 Å². The van der Waals surface area contributed by atoms with Gasteiger partial charge in [0, 0.05) is 12.7 Å². The molecule has 1 rings (SSSR count). The van der Waals surface area contributed by atoms with E-state index in [4.69, 9.17) is 4.74 Å². The number of aldehydes is 1. The van der Waals surface area contributed by atoms with Crippen LogP contribution in [-0.2, 0) is 4.74 Å². The molecule has 0 atom stereocenters. The Morgan fingerprint density at radius 1 is 1.29 bits per heavy atom. The fraction of sp³-hybridized carbons (Fsp3) is 0.300. The summed E-state index contributed by atoms with van der Waals surface area (Å²) in [6.07, 6.45) is -4.34. The maximum Gasteiger partial charge on any atom is 0.573 e. The van der Waals surface area contributed by atoms with Crippen LogP contribution >= 0.6 is 0 Å². The molecule has 4 nitrogen and oxygen atoms in total. The van der Waals surface area contributed by atoms with Gasteiger partial charge < -0.3 is 14.2 Å². The summed E-state index contributed by atoms with van der Waals surface area (Å²) in [5.41, 5.74) is 0.172. The van der Waals surface area contributed by atoms with E-state index >= 15 is 0 Å². The van der Waals surface area contributed by atoms with Crippen LogP contribution in [0.1, 0.15) is 10.4 Å². The Bertz CT molecular complexity index is 390. The molecule has 0 aliphatic heterocycles. The molecule has 17 heavy (non-hydrogen) atoms. The van der Waals surface area contributed by atoms with Crippen molar-refractivity contribution in [3.63, 3.8) is 0 Å². The first-order valence-electron chi connectivity index (χ1n) is 4.43. The number of rotatable bonds is 5. The first-order valence-corrected chi connectivity index (χ1v) is 4.43. The zero-order valence-electron chi connectivity index (χ0n) is 8.78. The number of ether oxygens (including phenoxy) is 3. The molecule has 1 aromatic carbocycles. The van der Waals surface area contributed by atoms with Gasteiger partial charge in [-0.2, -0.15) is 0 Å².